The van der Waals surface area contributed by atoms with Gasteiger partial charge in [-0.15, -0.1) is 0 Å². The molecule has 0 unspecified atom stereocenters. The zero-order chi connectivity index (χ0) is 21.6. The van der Waals surface area contributed by atoms with Crippen LogP contribution < -0.4 is 14.8 Å². The molecule has 1 atom stereocenters. The molecule has 0 aliphatic carbocycles. The van der Waals surface area contributed by atoms with Crippen molar-refractivity contribution in [3.63, 3.8) is 0 Å². The molecule has 7 heteroatoms. The third-order valence-electron chi connectivity index (χ3n) is 4.67. The Hall–Kier alpha value is -2.73. The molecule has 29 heavy (non-hydrogen) atoms. The van der Waals surface area contributed by atoms with Crippen molar-refractivity contribution in [3.05, 3.63) is 58.1 Å². The molecule has 0 bridgehead atoms. The number of nitrogens with one attached hydrogen (secondary N) is 1. The highest BCUT2D eigenvalue weighted by molar-refractivity contribution is 6.32. The van der Waals surface area contributed by atoms with Crippen LogP contribution in [0.3, 0.4) is 0 Å². The molecule has 2 aromatic rings. The molecular formula is C22H27ClN2O4. The van der Waals surface area contributed by atoms with Gasteiger partial charge in [-0.2, -0.15) is 0 Å². The lowest BCUT2D eigenvalue weighted by atomic mass is 10.1. The molecule has 0 aliphatic heterocycles. The molecule has 2 aromatic carbocycles. The fourth-order valence-corrected chi connectivity index (χ4v) is 3.09. The van der Waals surface area contributed by atoms with Gasteiger partial charge in [0, 0.05) is 18.6 Å². The van der Waals surface area contributed by atoms with E-state index in [4.69, 9.17) is 21.1 Å². The van der Waals surface area contributed by atoms with Gasteiger partial charge in [0.1, 0.15) is 17.5 Å². The highest BCUT2D eigenvalue weighted by atomic mass is 35.5. The summed E-state index contributed by atoms with van der Waals surface area (Å²) >= 11 is 6.18. The molecule has 0 spiro atoms. The number of halogens is 1. The predicted molar refractivity (Wildman–Crippen MR) is 113 cm³/mol. The van der Waals surface area contributed by atoms with Gasteiger partial charge < -0.3 is 19.7 Å². The first kappa shape index (κ1) is 22.6. The zero-order valence-electron chi connectivity index (χ0n) is 17.4. The van der Waals surface area contributed by atoms with Gasteiger partial charge in [-0.3, -0.25) is 9.59 Å². The van der Waals surface area contributed by atoms with Crippen molar-refractivity contribution in [1.82, 2.24) is 10.2 Å². The Morgan fingerprint density at radius 3 is 2.38 bits per heavy atom. The van der Waals surface area contributed by atoms with Crippen molar-refractivity contribution in [2.75, 3.05) is 20.8 Å². The molecule has 0 saturated heterocycles. The van der Waals surface area contributed by atoms with Crippen LogP contribution in [0.2, 0.25) is 5.02 Å². The van der Waals surface area contributed by atoms with Crippen LogP contribution in [0.25, 0.3) is 0 Å². The minimum absolute atomic E-state index is 0.189. The fourth-order valence-electron chi connectivity index (χ4n) is 2.98. The Morgan fingerprint density at radius 2 is 1.79 bits per heavy atom. The van der Waals surface area contributed by atoms with E-state index in [9.17, 15) is 9.59 Å². The predicted octanol–water partition coefficient (Wildman–Crippen LogP) is 3.51. The van der Waals surface area contributed by atoms with Crippen LogP contribution >= 0.6 is 11.6 Å². The number of amides is 2. The average Bonchev–Trinajstić information content (AvgIpc) is 2.72. The molecule has 0 saturated carbocycles. The molecule has 2 amide bonds. The van der Waals surface area contributed by atoms with Gasteiger partial charge in [-0.1, -0.05) is 23.7 Å². The number of nitrogens with zero attached hydrogens (tertiary/aromatic N) is 1. The maximum atomic E-state index is 12.9. The number of hydrogen-bond donors (Lipinski definition) is 1. The second-order valence-corrected chi connectivity index (χ2v) is 7.20. The quantitative estimate of drug-likeness (QED) is 0.712. The summed E-state index contributed by atoms with van der Waals surface area (Å²) < 4.78 is 11.0. The Labute approximate surface area is 176 Å². The Bertz CT molecular complexity index is 862. The largest absolute Gasteiger partial charge is 0.497 e. The topological polar surface area (TPSA) is 67.9 Å². The fraction of sp³-hybridized carbons (Fsp3) is 0.364. The van der Waals surface area contributed by atoms with Crippen molar-refractivity contribution >= 4 is 23.4 Å². The Balaban J connectivity index is 2.18. The van der Waals surface area contributed by atoms with E-state index in [0.717, 1.165) is 16.7 Å². The Kier molecular flexibility index (Phi) is 7.91. The van der Waals surface area contributed by atoms with Crippen molar-refractivity contribution in [2.45, 2.75) is 33.4 Å². The molecule has 0 radical (unpaired) electrons. The third-order valence-corrected chi connectivity index (χ3v) is 5.27. The van der Waals surface area contributed by atoms with E-state index in [1.54, 1.807) is 33.2 Å². The number of benzene rings is 2. The lowest BCUT2D eigenvalue weighted by molar-refractivity contribution is -0.142. The second kappa shape index (κ2) is 10.2. The normalized spacial score (nSPS) is 11.5. The highest BCUT2D eigenvalue weighted by Crippen LogP contribution is 2.26. The summed E-state index contributed by atoms with van der Waals surface area (Å²) in [4.78, 5) is 26.6. The second-order valence-electron chi connectivity index (χ2n) is 6.82. The summed E-state index contributed by atoms with van der Waals surface area (Å²) in [7, 11) is 3.13. The van der Waals surface area contributed by atoms with Crippen LogP contribution in [0.1, 0.15) is 23.6 Å². The minimum Gasteiger partial charge on any atom is -0.497 e. The maximum Gasteiger partial charge on any atom is 0.261 e. The zero-order valence-corrected chi connectivity index (χ0v) is 18.2. The Morgan fingerprint density at radius 1 is 1.14 bits per heavy atom. The molecule has 6 nitrogen and oxygen atoms in total. The molecule has 0 aliphatic rings. The lowest BCUT2D eigenvalue weighted by Gasteiger charge is -2.28. The monoisotopic (exact) mass is 418 g/mol. The minimum atomic E-state index is -0.656. The number of carbonyl (C=O) groups excluding carboxylic acids is 2. The molecule has 0 heterocycles. The van der Waals surface area contributed by atoms with Gasteiger partial charge >= 0.3 is 0 Å². The van der Waals surface area contributed by atoms with Crippen LogP contribution in [0.15, 0.2) is 36.4 Å². The van der Waals surface area contributed by atoms with Crippen molar-refractivity contribution in [3.8, 4) is 11.5 Å². The molecule has 0 aromatic heterocycles. The van der Waals surface area contributed by atoms with E-state index >= 15 is 0 Å². The molecule has 156 valence electrons. The summed E-state index contributed by atoms with van der Waals surface area (Å²) in [6.45, 7) is 5.52. The summed E-state index contributed by atoms with van der Waals surface area (Å²) in [5.74, 6) is 0.700. The van der Waals surface area contributed by atoms with Gasteiger partial charge in [-0.05, 0) is 61.7 Å². The lowest BCUT2D eigenvalue weighted by Crippen LogP contribution is -2.48. The third kappa shape index (κ3) is 5.87. The SMILES string of the molecule is CNC(=O)[C@H](C)N(Cc1cccc(OC)c1)C(=O)COc1cc(C)c(Cl)c(C)c1. The van der Waals surface area contributed by atoms with E-state index in [-0.39, 0.29) is 25.0 Å². The van der Waals surface area contributed by atoms with Crippen LogP contribution in [0, 0.1) is 13.8 Å². The van der Waals surface area contributed by atoms with Crippen molar-refractivity contribution in [1.29, 1.82) is 0 Å². The first-order valence-corrected chi connectivity index (χ1v) is 9.68. The number of carbonyl (C=O) groups is 2. The summed E-state index contributed by atoms with van der Waals surface area (Å²) in [5, 5.41) is 3.27. The maximum absolute atomic E-state index is 12.9. The van der Waals surface area contributed by atoms with Gasteiger partial charge in [0.05, 0.1) is 7.11 Å². The summed E-state index contributed by atoms with van der Waals surface area (Å²) in [5.41, 5.74) is 2.61. The summed E-state index contributed by atoms with van der Waals surface area (Å²) in [6.07, 6.45) is 0. The van der Waals surface area contributed by atoms with Crippen LogP contribution in [0.5, 0.6) is 11.5 Å². The smallest absolute Gasteiger partial charge is 0.261 e. The van der Waals surface area contributed by atoms with Gasteiger partial charge in [-0.25, -0.2) is 0 Å². The number of hydrogen-bond acceptors (Lipinski definition) is 4. The molecule has 1 N–H and O–H groups in total. The van der Waals surface area contributed by atoms with E-state index in [1.165, 1.54) is 4.90 Å². The van der Waals surface area contributed by atoms with E-state index in [1.807, 2.05) is 38.1 Å². The number of ether oxygens (including phenoxy) is 2. The summed E-state index contributed by atoms with van der Waals surface area (Å²) in [6, 6.07) is 10.3. The van der Waals surface area contributed by atoms with Gasteiger partial charge in [0.25, 0.3) is 5.91 Å². The van der Waals surface area contributed by atoms with E-state index < -0.39 is 6.04 Å². The van der Waals surface area contributed by atoms with Crippen LogP contribution in [-0.4, -0.2) is 43.5 Å². The first-order valence-electron chi connectivity index (χ1n) is 9.30. The van der Waals surface area contributed by atoms with Crippen molar-refractivity contribution in [2.24, 2.45) is 0 Å². The highest BCUT2D eigenvalue weighted by Gasteiger charge is 2.26. The van der Waals surface area contributed by atoms with E-state index in [0.29, 0.717) is 16.5 Å². The molecular weight excluding hydrogens is 392 g/mol. The van der Waals surface area contributed by atoms with Crippen molar-refractivity contribution < 1.29 is 19.1 Å². The van der Waals surface area contributed by atoms with Crippen LogP contribution in [0.4, 0.5) is 0 Å². The molecule has 2 rings (SSSR count). The number of methoxy groups -OCH3 is 1. The number of rotatable bonds is 8. The van der Waals surface area contributed by atoms with E-state index in [2.05, 4.69) is 5.32 Å². The average molecular weight is 419 g/mol. The van der Waals surface area contributed by atoms with Crippen LogP contribution in [-0.2, 0) is 16.1 Å². The number of aryl methyl sites for hydroxylation is 2. The molecule has 0 fully saturated rings. The van der Waals surface area contributed by atoms with Gasteiger partial charge in [0.2, 0.25) is 5.91 Å². The van der Waals surface area contributed by atoms with Gasteiger partial charge in [0.15, 0.2) is 6.61 Å². The number of likely N-dealkylation sites (N-methyl/N-ethyl adjacent to an activating group) is 1. The first-order chi connectivity index (χ1) is 13.8. The standard InChI is InChI=1S/C22H27ClN2O4/c1-14-9-19(10-15(2)21(14)23)29-13-20(26)25(16(3)22(27)24-4)12-17-7-6-8-18(11-17)28-5/h6-11,16H,12-13H2,1-5H3,(H,24,27)/t16-/m0/s1.